The van der Waals surface area contributed by atoms with Crippen LogP contribution in [0.2, 0.25) is 0 Å². The molecule has 0 aliphatic carbocycles. The van der Waals surface area contributed by atoms with E-state index in [-0.39, 0.29) is 17.9 Å². The molecule has 4 rings (SSSR count). The molecule has 2 aromatic heterocycles. The fourth-order valence-electron chi connectivity index (χ4n) is 4.51. The van der Waals surface area contributed by atoms with Gasteiger partial charge < -0.3 is 24.8 Å². The van der Waals surface area contributed by atoms with E-state index in [1.54, 1.807) is 19.6 Å². The Labute approximate surface area is 211 Å². The molecule has 0 unspecified atom stereocenters. The number of nitrogens with zero attached hydrogens (tertiary/aromatic N) is 4. The van der Waals surface area contributed by atoms with Crippen LogP contribution in [0.5, 0.6) is 5.75 Å². The SMILES string of the molecule is COc1ccc(NC(=O)N2CCC(c3nc(C)ccc3C(=O)NCCCn3ccnc3)CC2)c(C)c1. The van der Waals surface area contributed by atoms with Gasteiger partial charge in [0.15, 0.2) is 0 Å². The standard InChI is InChI=1S/C27H34N6O3/c1-19-17-22(36-3)6-8-24(19)31-27(35)33-14-9-21(10-15-33)25-23(7-5-20(2)30-25)26(34)29-11-4-13-32-16-12-28-18-32/h5-8,12,16-18,21H,4,9-11,13-15H2,1-3H3,(H,29,34)(H,31,35). The Morgan fingerprint density at radius 2 is 1.94 bits per heavy atom. The molecule has 1 aliphatic heterocycles. The molecule has 0 bridgehead atoms. The number of benzene rings is 1. The van der Waals surface area contributed by atoms with Gasteiger partial charge in [0, 0.05) is 55.9 Å². The molecule has 9 heteroatoms. The number of piperidine rings is 1. The molecule has 9 nitrogen and oxygen atoms in total. The van der Waals surface area contributed by atoms with Gasteiger partial charge in [0.2, 0.25) is 0 Å². The van der Waals surface area contributed by atoms with E-state index in [4.69, 9.17) is 9.72 Å². The summed E-state index contributed by atoms with van der Waals surface area (Å²) in [5, 5.41) is 6.04. The van der Waals surface area contributed by atoms with Crippen LogP contribution in [0, 0.1) is 13.8 Å². The molecule has 0 saturated carbocycles. The van der Waals surface area contributed by atoms with Crippen molar-refractivity contribution in [3.8, 4) is 5.75 Å². The van der Waals surface area contributed by atoms with Crippen LogP contribution >= 0.6 is 0 Å². The summed E-state index contributed by atoms with van der Waals surface area (Å²) in [7, 11) is 1.62. The summed E-state index contributed by atoms with van der Waals surface area (Å²) in [6, 6.07) is 9.22. The van der Waals surface area contributed by atoms with E-state index in [0.29, 0.717) is 25.2 Å². The second kappa shape index (κ2) is 11.7. The number of nitrogens with one attached hydrogen (secondary N) is 2. The lowest BCUT2D eigenvalue weighted by molar-refractivity contribution is 0.0949. The van der Waals surface area contributed by atoms with Crippen molar-refractivity contribution in [1.82, 2.24) is 24.8 Å². The number of ether oxygens (including phenoxy) is 1. The number of aromatic nitrogens is 3. The summed E-state index contributed by atoms with van der Waals surface area (Å²) in [4.78, 5) is 36.5. The zero-order valence-corrected chi connectivity index (χ0v) is 21.2. The Bertz CT molecular complexity index is 1190. The number of methoxy groups -OCH3 is 1. The molecule has 1 fully saturated rings. The van der Waals surface area contributed by atoms with Crippen LogP contribution in [0.4, 0.5) is 10.5 Å². The molecule has 36 heavy (non-hydrogen) atoms. The highest BCUT2D eigenvalue weighted by molar-refractivity contribution is 5.95. The highest BCUT2D eigenvalue weighted by Gasteiger charge is 2.28. The molecule has 3 aromatic rings. The minimum atomic E-state index is -0.116. The number of amides is 3. The molecule has 0 atom stereocenters. The van der Waals surface area contributed by atoms with Crippen LogP contribution in [0.25, 0.3) is 0 Å². The summed E-state index contributed by atoms with van der Waals surface area (Å²) in [5.41, 5.74) is 4.06. The third kappa shape index (κ3) is 6.21. The summed E-state index contributed by atoms with van der Waals surface area (Å²) in [6.07, 6.45) is 7.76. The monoisotopic (exact) mass is 490 g/mol. The zero-order valence-electron chi connectivity index (χ0n) is 21.2. The first-order valence-corrected chi connectivity index (χ1v) is 12.4. The number of carbonyl (C=O) groups excluding carboxylic acids is 2. The fraction of sp³-hybridized carbons (Fsp3) is 0.407. The third-order valence-corrected chi connectivity index (χ3v) is 6.59. The Morgan fingerprint density at radius 3 is 2.64 bits per heavy atom. The molecule has 1 aliphatic rings. The highest BCUT2D eigenvalue weighted by Crippen LogP contribution is 2.30. The van der Waals surface area contributed by atoms with E-state index >= 15 is 0 Å². The van der Waals surface area contributed by atoms with Crippen LogP contribution in [0.3, 0.4) is 0 Å². The van der Waals surface area contributed by atoms with Crippen molar-refractivity contribution in [1.29, 1.82) is 0 Å². The van der Waals surface area contributed by atoms with Gasteiger partial charge in [0.05, 0.1) is 24.7 Å². The number of hydrogen-bond donors (Lipinski definition) is 2. The number of carbonyl (C=O) groups is 2. The molecule has 3 amide bonds. The lowest BCUT2D eigenvalue weighted by Crippen LogP contribution is -2.41. The number of likely N-dealkylation sites (tertiary alicyclic amines) is 1. The largest absolute Gasteiger partial charge is 0.497 e. The Morgan fingerprint density at radius 1 is 1.14 bits per heavy atom. The molecule has 0 spiro atoms. The topological polar surface area (TPSA) is 101 Å². The van der Waals surface area contributed by atoms with Gasteiger partial charge in [-0.25, -0.2) is 9.78 Å². The average Bonchev–Trinajstić information content (AvgIpc) is 3.41. The Balaban J connectivity index is 1.33. The van der Waals surface area contributed by atoms with Gasteiger partial charge in [-0.05, 0) is 69.0 Å². The van der Waals surface area contributed by atoms with E-state index in [0.717, 1.165) is 54.2 Å². The average molecular weight is 491 g/mol. The molecular formula is C27H34N6O3. The molecule has 1 saturated heterocycles. The summed E-state index contributed by atoms with van der Waals surface area (Å²) in [5.74, 6) is 0.789. The van der Waals surface area contributed by atoms with Crippen LogP contribution in [-0.2, 0) is 6.54 Å². The Hall–Kier alpha value is -3.88. The first kappa shape index (κ1) is 25.2. The summed E-state index contributed by atoms with van der Waals surface area (Å²) >= 11 is 0. The van der Waals surface area contributed by atoms with Crippen molar-refractivity contribution in [2.45, 2.75) is 45.6 Å². The van der Waals surface area contributed by atoms with Crippen molar-refractivity contribution in [3.63, 3.8) is 0 Å². The van der Waals surface area contributed by atoms with E-state index in [1.165, 1.54) is 0 Å². The van der Waals surface area contributed by atoms with Crippen molar-refractivity contribution >= 4 is 17.6 Å². The predicted octanol–water partition coefficient (Wildman–Crippen LogP) is 4.14. The quantitative estimate of drug-likeness (QED) is 0.462. The minimum Gasteiger partial charge on any atom is -0.497 e. The first-order valence-electron chi connectivity index (χ1n) is 12.4. The lowest BCUT2D eigenvalue weighted by atomic mass is 9.90. The molecule has 3 heterocycles. The van der Waals surface area contributed by atoms with Crippen LogP contribution < -0.4 is 15.4 Å². The molecular weight excluding hydrogens is 456 g/mol. The van der Waals surface area contributed by atoms with E-state index < -0.39 is 0 Å². The van der Waals surface area contributed by atoms with Crippen LogP contribution in [-0.4, -0.2) is 58.1 Å². The van der Waals surface area contributed by atoms with Gasteiger partial charge >= 0.3 is 6.03 Å². The maximum Gasteiger partial charge on any atom is 0.321 e. The Kier molecular flexibility index (Phi) is 8.20. The molecule has 2 N–H and O–H groups in total. The summed E-state index contributed by atoms with van der Waals surface area (Å²) < 4.78 is 7.23. The first-order chi connectivity index (χ1) is 17.4. The zero-order chi connectivity index (χ0) is 25.5. The van der Waals surface area contributed by atoms with Gasteiger partial charge in [0.1, 0.15) is 5.75 Å². The number of anilines is 1. The van der Waals surface area contributed by atoms with Crippen molar-refractivity contribution in [2.75, 3.05) is 32.1 Å². The smallest absolute Gasteiger partial charge is 0.321 e. The number of imidazole rings is 1. The van der Waals surface area contributed by atoms with Gasteiger partial charge in [-0.3, -0.25) is 9.78 Å². The number of urea groups is 1. The minimum absolute atomic E-state index is 0.0988. The van der Waals surface area contributed by atoms with Crippen LogP contribution in [0.15, 0.2) is 49.1 Å². The lowest BCUT2D eigenvalue weighted by Gasteiger charge is -2.32. The maximum absolute atomic E-state index is 13.0. The van der Waals surface area contributed by atoms with Crippen molar-refractivity contribution in [3.05, 3.63) is 71.6 Å². The van der Waals surface area contributed by atoms with E-state index in [2.05, 4.69) is 15.6 Å². The van der Waals surface area contributed by atoms with Crippen LogP contribution in [0.1, 0.15) is 52.5 Å². The number of aryl methyl sites for hydroxylation is 3. The van der Waals surface area contributed by atoms with Gasteiger partial charge in [0.25, 0.3) is 5.91 Å². The van der Waals surface area contributed by atoms with Crippen molar-refractivity contribution < 1.29 is 14.3 Å². The maximum atomic E-state index is 13.0. The van der Waals surface area contributed by atoms with E-state index in [9.17, 15) is 9.59 Å². The van der Waals surface area contributed by atoms with E-state index in [1.807, 2.05) is 59.8 Å². The van der Waals surface area contributed by atoms with Gasteiger partial charge in [-0.15, -0.1) is 0 Å². The second-order valence-electron chi connectivity index (χ2n) is 9.17. The number of rotatable bonds is 8. The molecule has 1 aromatic carbocycles. The number of hydrogen-bond acceptors (Lipinski definition) is 5. The normalized spacial score (nSPS) is 13.9. The highest BCUT2D eigenvalue weighted by atomic mass is 16.5. The van der Waals surface area contributed by atoms with Crippen molar-refractivity contribution in [2.24, 2.45) is 0 Å². The summed E-state index contributed by atoms with van der Waals surface area (Å²) in [6.45, 7) is 6.47. The second-order valence-corrected chi connectivity index (χ2v) is 9.17. The predicted molar refractivity (Wildman–Crippen MR) is 138 cm³/mol. The molecule has 0 radical (unpaired) electrons. The third-order valence-electron chi connectivity index (χ3n) is 6.59. The number of pyridine rings is 1. The fourth-order valence-corrected chi connectivity index (χ4v) is 4.51. The van der Waals surface area contributed by atoms with Gasteiger partial charge in [-0.2, -0.15) is 0 Å². The molecule has 190 valence electrons. The van der Waals surface area contributed by atoms with Gasteiger partial charge in [-0.1, -0.05) is 0 Å².